The van der Waals surface area contributed by atoms with Crippen LogP contribution in [0.4, 0.5) is 0 Å². The number of nitrogens with two attached hydrogens (primary N) is 1. The first-order valence-corrected chi connectivity index (χ1v) is 5.19. The minimum atomic E-state index is 0.0579. The average Bonchev–Trinajstić information content (AvgIpc) is 2.35. The van der Waals surface area contributed by atoms with E-state index in [2.05, 4.69) is 22.7 Å². The van der Waals surface area contributed by atoms with E-state index >= 15 is 0 Å². The molecule has 6 heteroatoms. The summed E-state index contributed by atoms with van der Waals surface area (Å²) in [4.78, 5) is 10.7. The largest absolute Gasteiger partial charge is 0.453 e. The van der Waals surface area contributed by atoms with Crippen LogP contribution in [0.25, 0.3) is 11.0 Å². The summed E-state index contributed by atoms with van der Waals surface area (Å²) >= 11 is 4.66. The van der Waals surface area contributed by atoms with E-state index in [0.717, 1.165) is 5.39 Å². The fourth-order valence-electron chi connectivity index (χ4n) is 1.40. The molecule has 0 fully saturated rings. The molecule has 2 aromatic rings. The van der Waals surface area contributed by atoms with Crippen molar-refractivity contribution in [2.45, 2.75) is 0 Å². The molecule has 1 aromatic carbocycles. The van der Waals surface area contributed by atoms with Crippen molar-refractivity contribution < 1.29 is 9.21 Å². The van der Waals surface area contributed by atoms with Crippen LogP contribution in [0.5, 0.6) is 0 Å². The van der Waals surface area contributed by atoms with Crippen LogP contribution in [0.2, 0.25) is 0 Å². The molecule has 0 atom stereocenters. The zero-order valence-electron chi connectivity index (χ0n) is 8.71. The molecular formula is C11H9N3O2S. The van der Waals surface area contributed by atoms with E-state index in [-0.39, 0.29) is 10.9 Å². The Balaban J connectivity index is 2.70. The fourth-order valence-corrected chi connectivity index (χ4v) is 1.45. The van der Waals surface area contributed by atoms with E-state index in [0.29, 0.717) is 17.2 Å². The van der Waals surface area contributed by atoms with Crippen molar-refractivity contribution >= 4 is 34.6 Å². The van der Waals surface area contributed by atoms with Gasteiger partial charge in [-0.1, -0.05) is 12.1 Å². The van der Waals surface area contributed by atoms with E-state index in [1.165, 1.54) is 6.07 Å². The molecule has 0 amide bonds. The number of fused-ring (bicyclic) bond motifs is 1. The molecule has 1 aromatic heterocycles. The molecule has 0 bridgehead atoms. The summed E-state index contributed by atoms with van der Waals surface area (Å²) in [5.74, 6) is 0.187. The highest BCUT2D eigenvalue weighted by Gasteiger charge is 2.01. The predicted molar refractivity (Wildman–Crippen MR) is 67.1 cm³/mol. The predicted octanol–water partition coefficient (Wildman–Crippen LogP) is 0.894. The number of hydrogen-bond donors (Lipinski definition) is 2. The van der Waals surface area contributed by atoms with E-state index in [4.69, 9.17) is 10.2 Å². The van der Waals surface area contributed by atoms with Gasteiger partial charge in [-0.2, -0.15) is 5.10 Å². The number of nitrogens with zero attached hydrogens (tertiary/aromatic N) is 1. The number of carbonyl (C=O) groups is 1. The maximum atomic E-state index is 10.7. The summed E-state index contributed by atoms with van der Waals surface area (Å²) in [5.41, 5.74) is 8.34. The summed E-state index contributed by atoms with van der Waals surface area (Å²) in [6.07, 6.45) is 0.617. The molecule has 0 saturated heterocycles. The molecule has 0 unspecified atom stereocenters. The summed E-state index contributed by atoms with van der Waals surface area (Å²) < 4.78 is 5.34. The number of carbonyl (C=O) groups excluding carboxylic acids is 1. The minimum Gasteiger partial charge on any atom is -0.453 e. The van der Waals surface area contributed by atoms with E-state index < -0.39 is 0 Å². The van der Waals surface area contributed by atoms with Gasteiger partial charge in [-0.15, -0.1) is 0 Å². The Kier molecular flexibility index (Phi) is 3.15. The summed E-state index contributed by atoms with van der Waals surface area (Å²) in [5, 5.41) is 5.37. The van der Waals surface area contributed by atoms with Gasteiger partial charge in [0.15, 0.2) is 17.2 Å². The zero-order valence-corrected chi connectivity index (χ0v) is 9.53. The molecular weight excluding hydrogens is 238 g/mol. The number of thiocarbonyl (C=S) groups is 1. The van der Waals surface area contributed by atoms with Crippen LogP contribution in [0.1, 0.15) is 10.6 Å². The van der Waals surface area contributed by atoms with Crippen molar-refractivity contribution in [3.05, 3.63) is 41.4 Å². The van der Waals surface area contributed by atoms with Crippen molar-refractivity contribution in [3.8, 4) is 0 Å². The van der Waals surface area contributed by atoms with Crippen LogP contribution in [0.15, 0.2) is 39.9 Å². The lowest BCUT2D eigenvalue weighted by molar-refractivity contribution is 0.110. The third-order valence-electron chi connectivity index (χ3n) is 2.07. The quantitative estimate of drug-likeness (QED) is 0.468. The third-order valence-corrected chi connectivity index (χ3v) is 2.16. The van der Waals surface area contributed by atoms with Crippen LogP contribution in [-0.4, -0.2) is 11.4 Å². The van der Waals surface area contributed by atoms with E-state index in [1.807, 2.05) is 18.2 Å². The van der Waals surface area contributed by atoms with Crippen molar-refractivity contribution in [1.29, 1.82) is 0 Å². The average molecular weight is 247 g/mol. The van der Waals surface area contributed by atoms with Crippen LogP contribution in [-0.2, 0) is 0 Å². The summed E-state index contributed by atoms with van der Waals surface area (Å²) in [6, 6.07) is 8.75. The van der Waals surface area contributed by atoms with Gasteiger partial charge in [0.1, 0.15) is 5.58 Å². The first-order valence-electron chi connectivity index (χ1n) is 4.78. The Bertz CT molecular complexity index is 648. The second kappa shape index (κ2) is 4.75. The lowest BCUT2D eigenvalue weighted by Gasteiger charge is -2.00. The number of hydrogen-bond acceptors (Lipinski definition) is 4. The number of aldehydes is 1. The Morgan fingerprint density at radius 3 is 2.94 bits per heavy atom. The molecule has 5 nitrogen and oxygen atoms in total. The number of nitrogens with one attached hydrogen (secondary N) is 1. The Hall–Kier alpha value is -2.21. The van der Waals surface area contributed by atoms with Gasteiger partial charge in [-0.25, -0.2) is 0 Å². The lowest BCUT2D eigenvalue weighted by Crippen LogP contribution is -2.26. The van der Waals surface area contributed by atoms with Crippen LogP contribution >= 0.6 is 12.2 Å². The second-order valence-corrected chi connectivity index (χ2v) is 3.68. The molecule has 0 aliphatic heterocycles. The van der Waals surface area contributed by atoms with Crippen LogP contribution in [0, 0.1) is 0 Å². The Morgan fingerprint density at radius 1 is 1.47 bits per heavy atom. The third kappa shape index (κ3) is 2.48. The van der Waals surface area contributed by atoms with Crippen molar-refractivity contribution in [2.24, 2.45) is 10.8 Å². The Morgan fingerprint density at radius 2 is 2.24 bits per heavy atom. The highest BCUT2D eigenvalue weighted by Crippen LogP contribution is 2.10. The number of rotatable bonds is 2. The van der Waals surface area contributed by atoms with Gasteiger partial charge >= 0.3 is 0 Å². The molecule has 3 N–H and O–H groups in total. The van der Waals surface area contributed by atoms with Crippen molar-refractivity contribution in [1.82, 2.24) is 5.43 Å². The molecule has 0 aliphatic rings. The Labute approximate surface area is 102 Å². The van der Waals surface area contributed by atoms with Crippen molar-refractivity contribution in [2.75, 3.05) is 0 Å². The zero-order chi connectivity index (χ0) is 12.3. The SMILES string of the molecule is NC(=S)NN=c1cc(C=O)oc2ccccc12. The molecule has 86 valence electrons. The van der Waals surface area contributed by atoms with Crippen LogP contribution in [0.3, 0.4) is 0 Å². The summed E-state index contributed by atoms with van der Waals surface area (Å²) in [7, 11) is 0. The lowest BCUT2D eigenvalue weighted by atomic mass is 10.2. The highest BCUT2D eigenvalue weighted by atomic mass is 32.1. The minimum absolute atomic E-state index is 0.0579. The van der Waals surface area contributed by atoms with Gasteiger partial charge in [-0.3, -0.25) is 10.2 Å². The molecule has 0 spiro atoms. The molecule has 0 radical (unpaired) electrons. The van der Waals surface area contributed by atoms with E-state index in [9.17, 15) is 4.79 Å². The van der Waals surface area contributed by atoms with Crippen molar-refractivity contribution in [3.63, 3.8) is 0 Å². The molecule has 0 aliphatic carbocycles. The number of benzene rings is 1. The molecule has 17 heavy (non-hydrogen) atoms. The topological polar surface area (TPSA) is 80.6 Å². The monoisotopic (exact) mass is 247 g/mol. The van der Waals surface area contributed by atoms with Gasteiger partial charge in [-0.05, 0) is 24.4 Å². The van der Waals surface area contributed by atoms with Gasteiger partial charge in [0.25, 0.3) is 0 Å². The number of para-hydroxylation sites is 1. The first kappa shape index (κ1) is 11.3. The van der Waals surface area contributed by atoms with Gasteiger partial charge in [0, 0.05) is 11.5 Å². The maximum Gasteiger partial charge on any atom is 0.185 e. The van der Waals surface area contributed by atoms with E-state index in [1.54, 1.807) is 6.07 Å². The molecule has 0 saturated carbocycles. The fraction of sp³-hybridized carbons (Fsp3) is 0. The van der Waals surface area contributed by atoms with Gasteiger partial charge < -0.3 is 10.2 Å². The maximum absolute atomic E-state index is 10.7. The summed E-state index contributed by atoms with van der Waals surface area (Å²) in [6.45, 7) is 0. The van der Waals surface area contributed by atoms with Crippen LogP contribution < -0.4 is 16.5 Å². The standard InChI is InChI=1S/C11H9N3O2S/c12-11(17)14-13-9-5-7(6-15)16-10-4-2-1-3-8(9)10/h1-6H,(H3,12,14,17). The normalized spacial score (nSPS) is 11.4. The molecule has 2 rings (SSSR count). The van der Waals surface area contributed by atoms with Gasteiger partial charge in [0.05, 0.1) is 5.36 Å². The highest BCUT2D eigenvalue weighted by molar-refractivity contribution is 7.80. The smallest absolute Gasteiger partial charge is 0.185 e. The van der Waals surface area contributed by atoms with Gasteiger partial charge in [0.2, 0.25) is 0 Å². The second-order valence-electron chi connectivity index (χ2n) is 3.24. The first-order chi connectivity index (χ1) is 8.20. The molecule has 1 heterocycles.